The van der Waals surface area contributed by atoms with Crippen molar-refractivity contribution < 1.29 is 13.9 Å². The van der Waals surface area contributed by atoms with Crippen LogP contribution in [0.15, 0.2) is 53.0 Å². The lowest BCUT2D eigenvalue weighted by Crippen LogP contribution is -2.01. The number of carbonyl (C=O) groups is 1. The van der Waals surface area contributed by atoms with E-state index in [9.17, 15) is 9.18 Å². The van der Waals surface area contributed by atoms with E-state index < -0.39 is 0 Å². The van der Waals surface area contributed by atoms with Gasteiger partial charge in [-0.3, -0.25) is 0 Å². The highest BCUT2D eigenvalue weighted by atomic mass is 79.9. The van der Waals surface area contributed by atoms with E-state index in [0.717, 1.165) is 16.7 Å². The molecule has 0 spiro atoms. The Balaban J connectivity index is 2.40. The average molecular weight is 377 g/mol. The molecule has 0 radical (unpaired) electrons. The van der Waals surface area contributed by atoms with E-state index in [4.69, 9.17) is 4.74 Å². The van der Waals surface area contributed by atoms with Crippen LogP contribution in [0.25, 0.3) is 16.7 Å². The Morgan fingerprint density at radius 3 is 2.65 bits per heavy atom. The van der Waals surface area contributed by atoms with Gasteiger partial charge in [0.1, 0.15) is 5.82 Å². The summed E-state index contributed by atoms with van der Waals surface area (Å²) < 4.78 is 19.8. The molecule has 0 saturated carbocycles. The number of halogens is 2. The molecule has 0 N–H and O–H groups in total. The van der Waals surface area contributed by atoms with Gasteiger partial charge in [0.2, 0.25) is 0 Å². The first-order valence-electron chi connectivity index (χ1n) is 7.48. The fourth-order valence-electron chi connectivity index (χ4n) is 2.33. The Morgan fingerprint density at radius 1 is 1.22 bits per heavy atom. The lowest BCUT2D eigenvalue weighted by molar-refractivity contribution is -0.137. The number of hydrogen-bond donors (Lipinski definition) is 0. The smallest absolute Gasteiger partial charge is 0.331 e. The standard InChI is InChI=1S/C19H18BrFO2/c1-3-13(11-19(22)23-4-2)14-6-5-7-15(10-14)17-9-8-16(20)12-18(17)21/h5-12H,3-4H2,1-2H3/b13-11+. The molecule has 0 aliphatic heterocycles. The van der Waals surface area contributed by atoms with Crippen molar-refractivity contribution >= 4 is 27.5 Å². The van der Waals surface area contributed by atoms with Crippen molar-refractivity contribution in [3.63, 3.8) is 0 Å². The van der Waals surface area contributed by atoms with Crippen LogP contribution in [-0.2, 0) is 9.53 Å². The molecule has 2 nitrogen and oxygen atoms in total. The van der Waals surface area contributed by atoms with Crippen LogP contribution in [-0.4, -0.2) is 12.6 Å². The van der Waals surface area contributed by atoms with E-state index in [1.54, 1.807) is 19.1 Å². The van der Waals surface area contributed by atoms with E-state index >= 15 is 0 Å². The van der Waals surface area contributed by atoms with Crippen LogP contribution in [0, 0.1) is 5.82 Å². The summed E-state index contributed by atoms with van der Waals surface area (Å²) in [6, 6.07) is 12.5. The minimum atomic E-state index is -0.357. The van der Waals surface area contributed by atoms with Crippen molar-refractivity contribution in [1.29, 1.82) is 0 Å². The highest BCUT2D eigenvalue weighted by Crippen LogP contribution is 2.28. The minimum Gasteiger partial charge on any atom is -0.463 e. The molecule has 0 bridgehead atoms. The first kappa shape index (κ1) is 17.4. The van der Waals surface area contributed by atoms with Crippen LogP contribution >= 0.6 is 15.9 Å². The lowest BCUT2D eigenvalue weighted by Gasteiger charge is -2.09. The number of ether oxygens (including phenoxy) is 1. The number of benzene rings is 2. The highest BCUT2D eigenvalue weighted by Gasteiger charge is 2.09. The topological polar surface area (TPSA) is 26.3 Å². The summed E-state index contributed by atoms with van der Waals surface area (Å²) in [5.74, 6) is -0.645. The van der Waals surface area contributed by atoms with Crippen molar-refractivity contribution in [2.24, 2.45) is 0 Å². The van der Waals surface area contributed by atoms with Gasteiger partial charge < -0.3 is 4.74 Å². The molecule has 120 valence electrons. The monoisotopic (exact) mass is 376 g/mol. The zero-order chi connectivity index (χ0) is 16.8. The molecule has 0 heterocycles. The maximum Gasteiger partial charge on any atom is 0.331 e. The van der Waals surface area contributed by atoms with E-state index in [1.165, 1.54) is 12.1 Å². The maximum atomic E-state index is 14.1. The number of esters is 1. The number of hydrogen-bond acceptors (Lipinski definition) is 2. The fraction of sp³-hybridized carbons (Fsp3) is 0.211. The second kappa shape index (κ2) is 8.06. The zero-order valence-electron chi connectivity index (χ0n) is 13.1. The molecule has 0 amide bonds. The molecular formula is C19H18BrFO2. The summed E-state index contributed by atoms with van der Waals surface area (Å²) in [7, 11) is 0. The van der Waals surface area contributed by atoms with Gasteiger partial charge in [-0.05, 0) is 48.2 Å². The predicted octanol–water partition coefficient (Wildman–Crippen LogP) is 5.61. The molecule has 0 fully saturated rings. The molecule has 0 unspecified atom stereocenters. The van der Waals surface area contributed by atoms with Crippen LogP contribution in [0.1, 0.15) is 25.8 Å². The van der Waals surface area contributed by atoms with Crippen LogP contribution in [0.3, 0.4) is 0 Å². The minimum absolute atomic E-state index is 0.288. The average Bonchev–Trinajstić information content (AvgIpc) is 2.53. The zero-order valence-corrected chi connectivity index (χ0v) is 14.7. The third-order valence-electron chi connectivity index (χ3n) is 3.44. The molecule has 2 aromatic carbocycles. The Bertz CT molecular complexity index is 738. The van der Waals surface area contributed by atoms with Gasteiger partial charge in [-0.25, -0.2) is 9.18 Å². The summed E-state index contributed by atoms with van der Waals surface area (Å²) in [6.07, 6.45) is 2.19. The van der Waals surface area contributed by atoms with Gasteiger partial charge in [0.15, 0.2) is 0 Å². The summed E-state index contributed by atoms with van der Waals surface area (Å²) >= 11 is 3.26. The maximum absolute atomic E-state index is 14.1. The van der Waals surface area contributed by atoms with E-state index in [-0.39, 0.29) is 11.8 Å². The summed E-state index contributed by atoms with van der Waals surface area (Å²) in [5.41, 5.74) is 3.06. The molecule has 4 heteroatoms. The van der Waals surface area contributed by atoms with Crippen LogP contribution in [0.4, 0.5) is 4.39 Å². The second-order valence-corrected chi connectivity index (χ2v) is 5.90. The van der Waals surface area contributed by atoms with Crippen molar-refractivity contribution in [1.82, 2.24) is 0 Å². The molecule has 0 aliphatic rings. The molecule has 0 saturated heterocycles. The number of carbonyl (C=O) groups excluding carboxylic acids is 1. The largest absolute Gasteiger partial charge is 0.463 e. The van der Waals surface area contributed by atoms with Gasteiger partial charge in [-0.2, -0.15) is 0 Å². The molecule has 2 aromatic rings. The predicted molar refractivity (Wildman–Crippen MR) is 94.4 cm³/mol. The molecule has 0 aromatic heterocycles. The lowest BCUT2D eigenvalue weighted by atomic mass is 9.97. The molecule has 0 aliphatic carbocycles. The van der Waals surface area contributed by atoms with Gasteiger partial charge >= 0.3 is 5.97 Å². The van der Waals surface area contributed by atoms with Gasteiger partial charge in [0.05, 0.1) is 6.61 Å². The van der Waals surface area contributed by atoms with E-state index in [0.29, 0.717) is 23.1 Å². The normalized spacial score (nSPS) is 11.4. The van der Waals surface area contributed by atoms with E-state index in [1.807, 2.05) is 31.2 Å². The van der Waals surface area contributed by atoms with Gasteiger partial charge in [0.25, 0.3) is 0 Å². The third-order valence-corrected chi connectivity index (χ3v) is 3.93. The SMILES string of the molecule is CCOC(=O)/C=C(\CC)c1cccc(-c2ccc(Br)cc2F)c1. The molecule has 0 atom stereocenters. The van der Waals surface area contributed by atoms with E-state index in [2.05, 4.69) is 15.9 Å². The summed E-state index contributed by atoms with van der Waals surface area (Å²) in [5, 5.41) is 0. The Kier molecular flexibility index (Phi) is 6.11. The van der Waals surface area contributed by atoms with Crippen LogP contribution in [0.2, 0.25) is 0 Å². The van der Waals surface area contributed by atoms with Crippen LogP contribution in [0.5, 0.6) is 0 Å². The first-order chi connectivity index (χ1) is 11.0. The molecular weight excluding hydrogens is 359 g/mol. The number of allylic oxidation sites excluding steroid dienone is 1. The molecule has 2 rings (SSSR count). The van der Waals surface area contributed by atoms with Crippen molar-refractivity contribution in [3.8, 4) is 11.1 Å². The Morgan fingerprint density at radius 2 is 2.00 bits per heavy atom. The van der Waals surface area contributed by atoms with Gasteiger partial charge in [0, 0.05) is 16.1 Å². The Labute approximate surface area is 144 Å². The van der Waals surface area contributed by atoms with Crippen molar-refractivity contribution in [2.45, 2.75) is 20.3 Å². The summed E-state index contributed by atoms with van der Waals surface area (Å²) in [6.45, 7) is 4.09. The fourth-order valence-corrected chi connectivity index (χ4v) is 2.66. The molecule has 23 heavy (non-hydrogen) atoms. The second-order valence-electron chi connectivity index (χ2n) is 4.98. The van der Waals surface area contributed by atoms with Crippen molar-refractivity contribution in [2.75, 3.05) is 6.61 Å². The quantitative estimate of drug-likeness (QED) is 0.500. The van der Waals surface area contributed by atoms with Crippen molar-refractivity contribution in [3.05, 3.63) is 64.4 Å². The van der Waals surface area contributed by atoms with Gasteiger partial charge in [-0.1, -0.05) is 47.1 Å². The Hall–Kier alpha value is -1.94. The highest BCUT2D eigenvalue weighted by molar-refractivity contribution is 9.10. The summed E-state index contributed by atoms with van der Waals surface area (Å²) in [4.78, 5) is 11.7. The number of rotatable bonds is 5. The van der Waals surface area contributed by atoms with Crippen LogP contribution < -0.4 is 0 Å². The third kappa shape index (κ3) is 4.52. The van der Waals surface area contributed by atoms with Gasteiger partial charge in [-0.15, -0.1) is 0 Å². The first-order valence-corrected chi connectivity index (χ1v) is 8.27.